The monoisotopic (exact) mass is 344 g/mol. The van der Waals surface area contributed by atoms with Crippen LogP contribution >= 0.6 is 0 Å². The number of nitrogens with two attached hydrogens (primary N) is 2. The molecule has 5 heteroatoms. The van der Waals surface area contributed by atoms with E-state index in [0.29, 0.717) is 39.6 Å². The third-order valence-corrected chi connectivity index (χ3v) is 5.15. The number of hydrogen-bond donors (Lipinski definition) is 2. The number of esters is 1. The first-order chi connectivity index (χ1) is 12.5. The summed E-state index contributed by atoms with van der Waals surface area (Å²) in [7, 11) is 0. The summed E-state index contributed by atoms with van der Waals surface area (Å²) in [4.78, 5) is 12.7. The van der Waals surface area contributed by atoms with Crippen LogP contribution in [0, 0.1) is 6.92 Å². The van der Waals surface area contributed by atoms with Crippen molar-refractivity contribution in [1.29, 1.82) is 0 Å². The van der Waals surface area contributed by atoms with Gasteiger partial charge in [0.2, 0.25) is 0 Å². The molecule has 2 aliphatic heterocycles. The first kappa shape index (κ1) is 14.8. The molecule has 2 aliphatic rings. The molecule has 1 atom stereocenters. The zero-order valence-corrected chi connectivity index (χ0v) is 14.1. The molecule has 1 unspecified atom stereocenters. The van der Waals surface area contributed by atoms with E-state index >= 15 is 0 Å². The van der Waals surface area contributed by atoms with Crippen molar-refractivity contribution in [3.8, 4) is 11.5 Å². The van der Waals surface area contributed by atoms with Gasteiger partial charge in [0.25, 0.3) is 0 Å². The maximum Gasteiger partial charge on any atom is 0.340 e. The smallest absolute Gasteiger partial charge is 0.340 e. The molecule has 26 heavy (non-hydrogen) atoms. The van der Waals surface area contributed by atoms with Crippen LogP contribution in [0.25, 0.3) is 0 Å². The van der Waals surface area contributed by atoms with Crippen molar-refractivity contribution < 1.29 is 14.3 Å². The first-order valence-corrected chi connectivity index (χ1v) is 8.32. The van der Waals surface area contributed by atoms with E-state index in [2.05, 4.69) is 0 Å². The molecule has 5 rings (SSSR count). The lowest BCUT2D eigenvalue weighted by Crippen LogP contribution is -2.34. The highest BCUT2D eigenvalue weighted by Gasteiger charge is 2.54. The number of nitrogen functional groups attached to an aromatic ring is 2. The van der Waals surface area contributed by atoms with Gasteiger partial charge in [-0.2, -0.15) is 0 Å². The Balaban J connectivity index is 1.96. The van der Waals surface area contributed by atoms with Crippen molar-refractivity contribution in [1.82, 2.24) is 0 Å². The van der Waals surface area contributed by atoms with Crippen LogP contribution in [0.4, 0.5) is 11.4 Å². The molecule has 0 amide bonds. The van der Waals surface area contributed by atoms with E-state index in [9.17, 15) is 4.79 Å². The Morgan fingerprint density at radius 1 is 0.885 bits per heavy atom. The summed E-state index contributed by atoms with van der Waals surface area (Å²) in [5.74, 6) is 0.798. The van der Waals surface area contributed by atoms with Gasteiger partial charge in [0.05, 0.1) is 11.1 Å². The van der Waals surface area contributed by atoms with Gasteiger partial charge >= 0.3 is 5.97 Å². The first-order valence-electron chi connectivity index (χ1n) is 8.32. The van der Waals surface area contributed by atoms with Crippen molar-refractivity contribution in [3.05, 3.63) is 82.4 Å². The van der Waals surface area contributed by atoms with Crippen molar-refractivity contribution in [2.24, 2.45) is 0 Å². The Hall–Kier alpha value is -3.47. The molecule has 3 aromatic rings. The standard InChI is InChI=1S/C21H16N2O3/c1-11-9-18-14(10-16(11)23)21(19-15(22)7-4-8-17(19)25-18)13-6-3-2-5-12(13)20(24)26-21/h2-10H,22-23H2,1H3. The predicted octanol–water partition coefficient (Wildman–Crippen LogP) is 3.73. The van der Waals surface area contributed by atoms with E-state index < -0.39 is 5.60 Å². The molecule has 0 aliphatic carbocycles. The van der Waals surface area contributed by atoms with Gasteiger partial charge in [0, 0.05) is 22.5 Å². The molecule has 0 radical (unpaired) electrons. The molecule has 0 bridgehead atoms. The molecular formula is C21H16N2O3. The van der Waals surface area contributed by atoms with Gasteiger partial charge < -0.3 is 20.9 Å². The second-order valence-electron chi connectivity index (χ2n) is 6.64. The number of fused-ring (bicyclic) bond motifs is 6. The molecule has 0 fully saturated rings. The highest BCUT2D eigenvalue weighted by Crippen LogP contribution is 2.58. The van der Waals surface area contributed by atoms with Gasteiger partial charge in [0.15, 0.2) is 5.60 Å². The fourth-order valence-corrected chi connectivity index (χ4v) is 3.92. The summed E-state index contributed by atoms with van der Waals surface area (Å²) >= 11 is 0. The maximum atomic E-state index is 12.7. The Bertz CT molecular complexity index is 1110. The summed E-state index contributed by atoms with van der Waals surface area (Å²) < 4.78 is 12.1. The highest BCUT2D eigenvalue weighted by molar-refractivity contribution is 5.97. The summed E-state index contributed by atoms with van der Waals surface area (Å²) in [5.41, 5.74) is 15.9. The van der Waals surface area contributed by atoms with E-state index in [1.54, 1.807) is 12.1 Å². The van der Waals surface area contributed by atoms with Gasteiger partial charge in [-0.25, -0.2) is 4.79 Å². The third-order valence-electron chi connectivity index (χ3n) is 5.15. The normalized spacial score (nSPS) is 19.3. The summed E-state index contributed by atoms with van der Waals surface area (Å²) in [6.07, 6.45) is 0. The number of rotatable bonds is 0. The number of benzene rings is 3. The fourth-order valence-electron chi connectivity index (χ4n) is 3.92. The molecule has 0 saturated carbocycles. The maximum absolute atomic E-state index is 12.7. The van der Waals surface area contributed by atoms with Crippen LogP contribution in [-0.2, 0) is 10.3 Å². The minimum Gasteiger partial charge on any atom is -0.456 e. The van der Waals surface area contributed by atoms with Crippen LogP contribution < -0.4 is 16.2 Å². The fraction of sp³-hybridized carbons (Fsp3) is 0.0952. The molecule has 0 aromatic heterocycles. The molecule has 4 N–H and O–H groups in total. The third kappa shape index (κ3) is 1.67. The van der Waals surface area contributed by atoms with E-state index in [4.69, 9.17) is 20.9 Å². The van der Waals surface area contributed by atoms with Gasteiger partial charge in [0.1, 0.15) is 11.5 Å². The Kier molecular flexibility index (Phi) is 2.73. The van der Waals surface area contributed by atoms with Gasteiger partial charge in [-0.15, -0.1) is 0 Å². The van der Waals surface area contributed by atoms with Gasteiger partial charge in [-0.1, -0.05) is 24.3 Å². The van der Waals surface area contributed by atoms with Crippen molar-refractivity contribution in [2.75, 3.05) is 11.5 Å². The van der Waals surface area contributed by atoms with Gasteiger partial charge in [-0.3, -0.25) is 0 Å². The van der Waals surface area contributed by atoms with Crippen LogP contribution in [0.3, 0.4) is 0 Å². The zero-order chi connectivity index (χ0) is 18.1. The van der Waals surface area contributed by atoms with Crippen LogP contribution in [0.1, 0.15) is 32.6 Å². The molecule has 3 aromatic carbocycles. The molecule has 5 nitrogen and oxygen atoms in total. The SMILES string of the molecule is Cc1cc2c(cc1N)C1(OC(=O)c3ccccc31)c1c(N)cccc1O2. The summed E-state index contributed by atoms with van der Waals surface area (Å²) in [6, 6.07) is 16.5. The lowest BCUT2D eigenvalue weighted by atomic mass is 9.76. The molecule has 2 heterocycles. The quantitative estimate of drug-likeness (QED) is 0.479. The highest BCUT2D eigenvalue weighted by atomic mass is 16.6. The minimum atomic E-state index is -1.16. The van der Waals surface area contributed by atoms with Crippen LogP contribution in [-0.4, -0.2) is 5.97 Å². The van der Waals surface area contributed by atoms with E-state index in [-0.39, 0.29) is 5.97 Å². The summed E-state index contributed by atoms with van der Waals surface area (Å²) in [5, 5.41) is 0. The largest absolute Gasteiger partial charge is 0.456 e. The Morgan fingerprint density at radius 2 is 1.69 bits per heavy atom. The number of carbonyl (C=O) groups is 1. The molecule has 128 valence electrons. The van der Waals surface area contributed by atoms with Crippen molar-refractivity contribution in [2.45, 2.75) is 12.5 Å². The predicted molar refractivity (Wildman–Crippen MR) is 98.3 cm³/mol. The lowest BCUT2D eigenvalue weighted by molar-refractivity contribution is 0.0227. The Morgan fingerprint density at radius 3 is 2.54 bits per heavy atom. The van der Waals surface area contributed by atoms with Crippen LogP contribution in [0.5, 0.6) is 11.5 Å². The van der Waals surface area contributed by atoms with Crippen LogP contribution in [0.2, 0.25) is 0 Å². The van der Waals surface area contributed by atoms with Gasteiger partial charge in [-0.05, 0) is 42.8 Å². The number of hydrogen-bond acceptors (Lipinski definition) is 5. The second-order valence-corrected chi connectivity index (χ2v) is 6.64. The molecule has 0 saturated heterocycles. The summed E-state index contributed by atoms with van der Waals surface area (Å²) in [6.45, 7) is 1.91. The Labute approximate surface area is 150 Å². The number of anilines is 2. The number of aryl methyl sites for hydroxylation is 1. The van der Waals surface area contributed by atoms with Crippen molar-refractivity contribution in [3.63, 3.8) is 0 Å². The number of carbonyl (C=O) groups excluding carboxylic acids is 1. The van der Waals surface area contributed by atoms with E-state index in [0.717, 1.165) is 11.1 Å². The van der Waals surface area contributed by atoms with Crippen LogP contribution in [0.15, 0.2) is 54.6 Å². The lowest BCUT2D eigenvalue weighted by Gasteiger charge is -2.37. The minimum absolute atomic E-state index is 0.387. The topological polar surface area (TPSA) is 87.6 Å². The van der Waals surface area contributed by atoms with E-state index in [1.807, 2.05) is 49.4 Å². The molecular weight excluding hydrogens is 328 g/mol. The second kappa shape index (κ2) is 4.79. The zero-order valence-electron chi connectivity index (χ0n) is 14.1. The number of ether oxygens (including phenoxy) is 2. The van der Waals surface area contributed by atoms with E-state index in [1.165, 1.54) is 0 Å². The molecule has 1 spiro atoms. The van der Waals surface area contributed by atoms with Crippen molar-refractivity contribution >= 4 is 17.3 Å². The average molecular weight is 344 g/mol. The average Bonchev–Trinajstić information content (AvgIpc) is 2.91.